The number of nitrogens with one attached hydrogen (secondary N) is 1. The van der Waals surface area contributed by atoms with Crippen molar-refractivity contribution in [2.75, 3.05) is 19.6 Å². The van der Waals surface area contributed by atoms with E-state index in [2.05, 4.69) is 37.9 Å². The van der Waals surface area contributed by atoms with Crippen LogP contribution in [0.4, 0.5) is 0 Å². The summed E-state index contributed by atoms with van der Waals surface area (Å²) in [6, 6.07) is 0. The van der Waals surface area contributed by atoms with Crippen molar-refractivity contribution < 1.29 is 0 Å². The summed E-state index contributed by atoms with van der Waals surface area (Å²) in [7, 11) is 0. The zero-order valence-corrected chi connectivity index (χ0v) is 11.5. The fourth-order valence-corrected chi connectivity index (χ4v) is 3.29. The van der Waals surface area contributed by atoms with Crippen LogP contribution < -0.4 is 5.32 Å². The minimum atomic E-state index is 0.331. The first-order chi connectivity index (χ1) is 7.44. The Kier molecular flexibility index (Phi) is 3.33. The minimum absolute atomic E-state index is 0.331. The second kappa shape index (κ2) is 4.30. The summed E-state index contributed by atoms with van der Waals surface area (Å²) in [4.78, 5) is 2.72. The molecule has 0 bridgehead atoms. The first-order valence-corrected chi connectivity index (χ1v) is 6.94. The molecule has 2 rings (SSSR count). The lowest BCUT2D eigenvalue weighted by molar-refractivity contribution is 0.0198. The van der Waals surface area contributed by atoms with E-state index < -0.39 is 0 Å². The molecule has 94 valence electrons. The van der Waals surface area contributed by atoms with Crippen molar-refractivity contribution in [3.05, 3.63) is 0 Å². The third-order valence-corrected chi connectivity index (χ3v) is 4.39. The lowest BCUT2D eigenvalue weighted by Gasteiger charge is -2.51. The van der Waals surface area contributed by atoms with Crippen LogP contribution in [0.2, 0.25) is 0 Å². The summed E-state index contributed by atoms with van der Waals surface area (Å²) in [5.41, 5.74) is 0.794. The van der Waals surface area contributed by atoms with E-state index in [0.717, 1.165) is 12.5 Å². The van der Waals surface area contributed by atoms with Gasteiger partial charge in [-0.05, 0) is 32.6 Å². The van der Waals surface area contributed by atoms with E-state index in [4.69, 9.17) is 0 Å². The van der Waals surface area contributed by atoms with E-state index in [9.17, 15) is 0 Å². The SMILES string of the molecule is CC(C)CN1CC2(CCCC2)NCC1(C)C. The van der Waals surface area contributed by atoms with E-state index in [1.807, 2.05) is 0 Å². The molecule has 0 radical (unpaired) electrons. The van der Waals surface area contributed by atoms with Gasteiger partial charge in [0.2, 0.25) is 0 Å². The molecule has 2 nitrogen and oxygen atoms in total. The van der Waals surface area contributed by atoms with E-state index in [-0.39, 0.29) is 0 Å². The Bertz CT molecular complexity index is 239. The van der Waals surface area contributed by atoms with Crippen LogP contribution in [0.3, 0.4) is 0 Å². The predicted molar refractivity (Wildman–Crippen MR) is 69.7 cm³/mol. The average Bonchev–Trinajstić information content (AvgIpc) is 2.61. The maximum atomic E-state index is 3.85. The summed E-state index contributed by atoms with van der Waals surface area (Å²) in [5, 5.41) is 3.85. The maximum absolute atomic E-state index is 3.85. The van der Waals surface area contributed by atoms with Gasteiger partial charge in [-0.2, -0.15) is 0 Å². The molecule has 16 heavy (non-hydrogen) atoms. The summed E-state index contributed by atoms with van der Waals surface area (Å²) in [6.07, 6.45) is 5.61. The van der Waals surface area contributed by atoms with Crippen molar-refractivity contribution in [3.8, 4) is 0 Å². The Labute approximate surface area is 101 Å². The van der Waals surface area contributed by atoms with Crippen LogP contribution in [0, 0.1) is 5.92 Å². The molecular weight excluding hydrogens is 196 g/mol. The van der Waals surface area contributed by atoms with Crippen LogP contribution in [0.1, 0.15) is 53.4 Å². The van der Waals surface area contributed by atoms with E-state index in [0.29, 0.717) is 11.1 Å². The molecule has 2 aliphatic rings. The predicted octanol–water partition coefficient (Wildman–Crippen LogP) is 2.64. The molecule has 2 fully saturated rings. The topological polar surface area (TPSA) is 15.3 Å². The molecule has 0 atom stereocenters. The highest BCUT2D eigenvalue weighted by molar-refractivity contribution is 5.04. The van der Waals surface area contributed by atoms with Crippen LogP contribution in [0.5, 0.6) is 0 Å². The third kappa shape index (κ3) is 2.43. The van der Waals surface area contributed by atoms with Crippen molar-refractivity contribution >= 4 is 0 Å². The average molecular weight is 224 g/mol. The molecule has 1 heterocycles. The van der Waals surface area contributed by atoms with Gasteiger partial charge in [0.15, 0.2) is 0 Å². The van der Waals surface area contributed by atoms with Gasteiger partial charge >= 0.3 is 0 Å². The summed E-state index contributed by atoms with van der Waals surface area (Å²) in [5.74, 6) is 0.774. The van der Waals surface area contributed by atoms with Crippen molar-refractivity contribution in [2.45, 2.75) is 64.5 Å². The van der Waals surface area contributed by atoms with Crippen molar-refractivity contribution in [1.82, 2.24) is 10.2 Å². The first-order valence-electron chi connectivity index (χ1n) is 6.94. The Morgan fingerprint density at radius 1 is 1.19 bits per heavy atom. The molecular formula is C14H28N2. The lowest BCUT2D eigenvalue weighted by Crippen LogP contribution is -2.67. The van der Waals surface area contributed by atoms with Gasteiger partial charge in [0, 0.05) is 30.7 Å². The first kappa shape index (κ1) is 12.4. The normalized spacial score (nSPS) is 29.1. The molecule has 1 aliphatic heterocycles. The Morgan fingerprint density at radius 3 is 2.38 bits per heavy atom. The van der Waals surface area contributed by atoms with Crippen LogP contribution in [-0.4, -0.2) is 35.6 Å². The molecule has 2 heteroatoms. The highest BCUT2D eigenvalue weighted by atomic mass is 15.3. The fraction of sp³-hybridized carbons (Fsp3) is 1.00. The Balaban J connectivity index is 2.06. The molecule has 1 saturated carbocycles. The van der Waals surface area contributed by atoms with Crippen LogP contribution in [0.25, 0.3) is 0 Å². The molecule has 1 saturated heterocycles. The molecule has 1 N–H and O–H groups in total. The van der Waals surface area contributed by atoms with E-state index in [1.165, 1.54) is 38.8 Å². The van der Waals surface area contributed by atoms with Gasteiger partial charge in [-0.3, -0.25) is 4.90 Å². The van der Waals surface area contributed by atoms with Crippen LogP contribution in [0.15, 0.2) is 0 Å². The molecule has 0 unspecified atom stereocenters. The van der Waals surface area contributed by atoms with Crippen molar-refractivity contribution in [1.29, 1.82) is 0 Å². The van der Waals surface area contributed by atoms with Gasteiger partial charge in [-0.15, -0.1) is 0 Å². The quantitative estimate of drug-likeness (QED) is 0.776. The second-order valence-corrected chi connectivity index (χ2v) is 6.93. The van der Waals surface area contributed by atoms with Crippen LogP contribution in [-0.2, 0) is 0 Å². The van der Waals surface area contributed by atoms with E-state index >= 15 is 0 Å². The largest absolute Gasteiger partial charge is 0.308 e. The number of hydrogen-bond donors (Lipinski definition) is 1. The minimum Gasteiger partial charge on any atom is -0.308 e. The summed E-state index contributed by atoms with van der Waals surface area (Å²) < 4.78 is 0. The smallest absolute Gasteiger partial charge is 0.0309 e. The van der Waals surface area contributed by atoms with Gasteiger partial charge in [-0.25, -0.2) is 0 Å². The highest BCUT2D eigenvalue weighted by Gasteiger charge is 2.43. The van der Waals surface area contributed by atoms with Gasteiger partial charge < -0.3 is 5.32 Å². The Hall–Kier alpha value is -0.0800. The number of hydrogen-bond acceptors (Lipinski definition) is 2. The van der Waals surface area contributed by atoms with Crippen LogP contribution >= 0.6 is 0 Å². The lowest BCUT2D eigenvalue weighted by atomic mass is 9.87. The number of nitrogens with zero attached hydrogens (tertiary/aromatic N) is 1. The van der Waals surface area contributed by atoms with Gasteiger partial charge in [-0.1, -0.05) is 26.7 Å². The molecule has 1 spiro atoms. The fourth-order valence-electron chi connectivity index (χ4n) is 3.29. The van der Waals surface area contributed by atoms with Crippen molar-refractivity contribution in [2.24, 2.45) is 5.92 Å². The summed E-state index contributed by atoms with van der Waals surface area (Å²) >= 11 is 0. The molecule has 0 aromatic rings. The second-order valence-electron chi connectivity index (χ2n) is 6.93. The molecule has 0 aromatic heterocycles. The standard InChI is InChI=1S/C14H28N2/c1-12(2)9-16-11-14(7-5-6-8-14)15-10-13(16,3)4/h12,15H,5-11H2,1-4H3. The number of piperazine rings is 1. The molecule has 1 aliphatic carbocycles. The van der Waals surface area contributed by atoms with Gasteiger partial charge in [0.25, 0.3) is 0 Å². The zero-order chi connectivity index (χ0) is 11.8. The van der Waals surface area contributed by atoms with Crippen molar-refractivity contribution in [3.63, 3.8) is 0 Å². The highest BCUT2D eigenvalue weighted by Crippen LogP contribution is 2.35. The van der Waals surface area contributed by atoms with E-state index in [1.54, 1.807) is 0 Å². The maximum Gasteiger partial charge on any atom is 0.0309 e. The molecule has 0 amide bonds. The zero-order valence-electron chi connectivity index (χ0n) is 11.5. The third-order valence-electron chi connectivity index (χ3n) is 4.39. The van der Waals surface area contributed by atoms with Gasteiger partial charge in [0.05, 0.1) is 0 Å². The monoisotopic (exact) mass is 224 g/mol. The van der Waals surface area contributed by atoms with Gasteiger partial charge in [0.1, 0.15) is 0 Å². The summed E-state index contributed by atoms with van der Waals surface area (Å²) in [6.45, 7) is 13.1. The number of rotatable bonds is 2. The molecule has 0 aromatic carbocycles. The Morgan fingerprint density at radius 2 is 1.81 bits per heavy atom.